The van der Waals surface area contributed by atoms with Crippen LogP contribution < -0.4 is 0 Å². The Morgan fingerprint density at radius 2 is 1.73 bits per heavy atom. The number of hydrogen-bond acceptors (Lipinski definition) is 6. The quantitative estimate of drug-likeness (QED) is 0.469. The van der Waals surface area contributed by atoms with Gasteiger partial charge in [0, 0.05) is 6.42 Å². The van der Waals surface area contributed by atoms with Crippen molar-refractivity contribution in [3.63, 3.8) is 0 Å². The molecule has 5 rings (SSSR count). The second kappa shape index (κ2) is 7.33. The van der Waals surface area contributed by atoms with E-state index in [1.54, 1.807) is 0 Å². The van der Waals surface area contributed by atoms with Crippen molar-refractivity contribution in [2.24, 2.45) is 29.1 Å². The second-order valence-electron chi connectivity index (χ2n) is 9.95. The number of rotatable bonds is 7. The molecule has 4 bridgehead atoms. The van der Waals surface area contributed by atoms with E-state index in [4.69, 9.17) is 4.74 Å². The smallest absolute Gasteiger partial charge is 0.364 e. The Balaban J connectivity index is 1.38. The van der Waals surface area contributed by atoms with Crippen LogP contribution in [-0.2, 0) is 19.6 Å². The molecule has 0 aromatic heterocycles. The highest BCUT2D eigenvalue weighted by atomic mass is 32.2. The predicted octanol–water partition coefficient (Wildman–Crippen LogP) is 3.14. The molecule has 0 radical (unpaired) electrons. The van der Waals surface area contributed by atoms with Crippen LogP contribution >= 0.6 is 0 Å². The van der Waals surface area contributed by atoms with Gasteiger partial charge in [-0.3, -0.25) is 4.79 Å². The standard InChI is InChI=1S/C20H29F3O6S/c21-15(20(22,23)30(26,27)28)3-6-29-17(24)16-13-7-12-8-14(16)11-18(9-12,10-13)19(25)4-1-2-5-19/h12-16,25H,1-11H2,(H,26,27,28)/p-1. The zero-order chi connectivity index (χ0) is 21.9. The van der Waals surface area contributed by atoms with Gasteiger partial charge >= 0.3 is 11.2 Å². The number of carbonyl (C=O) groups is 1. The Bertz CT molecular complexity index is 778. The Morgan fingerprint density at radius 1 is 1.17 bits per heavy atom. The molecule has 0 aromatic rings. The largest absolute Gasteiger partial charge is 0.743 e. The van der Waals surface area contributed by atoms with Gasteiger partial charge in [0.25, 0.3) is 0 Å². The number of esters is 1. The lowest BCUT2D eigenvalue weighted by molar-refractivity contribution is -0.204. The summed E-state index contributed by atoms with van der Waals surface area (Å²) in [6, 6.07) is 0. The minimum atomic E-state index is -6.13. The molecule has 5 saturated carbocycles. The molecule has 1 N–H and O–H groups in total. The van der Waals surface area contributed by atoms with Gasteiger partial charge in [-0.05, 0) is 68.1 Å². The monoisotopic (exact) mass is 453 g/mol. The van der Waals surface area contributed by atoms with E-state index in [-0.39, 0.29) is 17.3 Å². The molecule has 0 amide bonds. The molecule has 0 saturated heterocycles. The van der Waals surface area contributed by atoms with Crippen molar-refractivity contribution in [2.75, 3.05) is 6.61 Å². The van der Waals surface area contributed by atoms with Gasteiger partial charge in [0.2, 0.25) is 0 Å². The maximum absolute atomic E-state index is 13.6. The van der Waals surface area contributed by atoms with E-state index in [1.807, 2.05) is 0 Å². The highest BCUT2D eigenvalue weighted by Crippen LogP contribution is 2.67. The van der Waals surface area contributed by atoms with Gasteiger partial charge in [-0.15, -0.1) is 0 Å². The van der Waals surface area contributed by atoms with Crippen LogP contribution in [0.3, 0.4) is 0 Å². The molecule has 0 spiro atoms. The molecule has 3 unspecified atom stereocenters. The van der Waals surface area contributed by atoms with Crippen LogP contribution in [0.15, 0.2) is 0 Å². The Kier molecular flexibility index (Phi) is 5.46. The third-order valence-corrected chi connectivity index (χ3v) is 9.20. The van der Waals surface area contributed by atoms with Crippen LogP contribution in [0.5, 0.6) is 0 Å². The molecular weight excluding hydrogens is 425 g/mol. The van der Waals surface area contributed by atoms with Crippen LogP contribution in [-0.4, -0.2) is 47.7 Å². The fourth-order valence-corrected chi connectivity index (χ4v) is 7.58. The molecule has 172 valence electrons. The van der Waals surface area contributed by atoms with Crippen LogP contribution in [0.1, 0.15) is 64.2 Å². The van der Waals surface area contributed by atoms with Crippen LogP contribution in [0.4, 0.5) is 13.2 Å². The van der Waals surface area contributed by atoms with Gasteiger partial charge in [0.05, 0.1) is 18.1 Å². The van der Waals surface area contributed by atoms with Gasteiger partial charge in [0.15, 0.2) is 16.3 Å². The molecule has 3 atom stereocenters. The van der Waals surface area contributed by atoms with E-state index in [0.717, 1.165) is 57.8 Å². The molecule has 30 heavy (non-hydrogen) atoms. The van der Waals surface area contributed by atoms with E-state index in [2.05, 4.69) is 0 Å². The average Bonchev–Trinajstić information content (AvgIpc) is 3.08. The highest BCUT2D eigenvalue weighted by molar-refractivity contribution is 7.86. The summed E-state index contributed by atoms with van der Waals surface area (Å²) in [5.41, 5.74) is -0.834. The van der Waals surface area contributed by atoms with Crippen LogP contribution in [0.25, 0.3) is 0 Å². The Hall–Kier alpha value is -0.870. The molecule has 6 nitrogen and oxygen atoms in total. The van der Waals surface area contributed by atoms with Crippen LogP contribution in [0, 0.1) is 29.1 Å². The number of aliphatic hydroxyl groups is 1. The first-order valence-electron chi connectivity index (χ1n) is 10.7. The SMILES string of the molecule is O=C(OCCC(F)C(F)(F)S(=O)(=O)[O-])C1C2CC3CC1CC(C1(O)CCCC1)(C3)C2. The summed E-state index contributed by atoms with van der Waals surface area (Å²) < 4.78 is 76.6. The minimum Gasteiger partial charge on any atom is -0.743 e. The van der Waals surface area contributed by atoms with Gasteiger partial charge in [-0.2, -0.15) is 8.78 Å². The van der Waals surface area contributed by atoms with Gasteiger partial charge < -0.3 is 14.4 Å². The van der Waals surface area contributed by atoms with Crippen molar-refractivity contribution >= 4 is 16.1 Å². The van der Waals surface area contributed by atoms with Crippen molar-refractivity contribution in [1.29, 1.82) is 0 Å². The van der Waals surface area contributed by atoms with E-state index in [9.17, 15) is 36.0 Å². The van der Waals surface area contributed by atoms with E-state index in [1.165, 1.54) is 0 Å². The summed E-state index contributed by atoms with van der Waals surface area (Å²) in [4.78, 5) is 12.7. The fourth-order valence-electron chi connectivity index (χ4n) is 7.15. The van der Waals surface area contributed by atoms with Gasteiger partial charge in [0.1, 0.15) is 0 Å². The maximum atomic E-state index is 13.6. The molecule has 5 fully saturated rings. The fraction of sp³-hybridized carbons (Fsp3) is 0.950. The van der Waals surface area contributed by atoms with Gasteiger partial charge in [-0.25, -0.2) is 12.8 Å². The first-order chi connectivity index (χ1) is 13.9. The third kappa shape index (κ3) is 3.46. The lowest BCUT2D eigenvalue weighted by Gasteiger charge is -2.63. The van der Waals surface area contributed by atoms with E-state index in [0.29, 0.717) is 5.92 Å². The highest BCUT2D eigenvalue weighted by Gasteiger charge is 2.64. The topological polar surface area (TPSA) is 104 Å². The van der Waals surface area contributed by atoms with Crippen molar-refractivity contribution < 1.29 is 40.8 Å². The number of carbonyl (C=O) groups excluding carboxylic acids is 1. The summed E-state index contributed by atoms with van der Waals surface area (Å²) in [6.07, 6.45) is 3.53. The number of hydrogen-bond donors (Lipinski definition) is 1. The second-order valence-corrected chi connectivity index (χ2v) is 11.4. The van der Waals surface area contributed by atoms with Crippen molar-refractivity contribution in [1.82, 2.24) is 0 Å². The van der Waals surface area contributed by atoms with E-state index < -0.39 is 52.1 Å². The minimum absolute atomic E-state index is 0.0537. The molecule has 10 heteroatoms. The summed E-state index contributed by atoms with van der Waals surface area (Å²) in [5, 5.41) is 6.27. The maximum Gasteiger partial charge on any atom is 0.364 e. The first kappa shape index (κ1) is 22.3. The van der Waals surface area contributed by atoms with Crippen molar-refractivity contribution in [2.45, 2.75) is 81.2 Å². The Morgan fingerprint density at radius 3 is 2.27 bits per heavy atom. The summed E-state index contributed by atoms with van der Waals surface area (Å²) >= 11 is 0. The zero-order valence-electron chi connectivity index (χ0n) is 16.7. The molecule has 0 aromatic carbocycles. The molecule has 5 aliphatic rings. The van der Waals surface area contributed by atoms with Crippen molar-refractivity contribution in [3.8, 4) is 0 Å². The number of alkyl halides is 3. The molecular formula is C20H28F3O6S-. The van der Waals surface area contributed by atoms with Crippen molar-refractivity contribution in [3.05, 3.63) is 0 Å². The first-order valence-corrected chi connectivity index (χ1v) is 12.2. The Labute approximate surface area is 174 Å². The normalized spacial score (nSPS) is 38.6. The molecule has 0 heterocycles. The van der Waals surface area contributed by atoms with E-state index >= 15 is 0 Å². The lowest BCUT2D eigenvalue weighted by Crippen LogP contribution is -2.61. The predicted molar refractivity (Wildman–Crippen MR) is 98.0 cm³/mol. The molecule has 0 aliphatic heterocycles. The summed E-state index contributed by atoms with van der Waals surface area (Å²) in [6.45, 7) is -0.709. The average molecular weight is 453 g/mol. The third-order valence-electron chi connectivity index (χ3n) is 8.28. The number of ether oxygens (including phenoxy) is 1. The van der Waals surface area contributed by atoms with Gasteiger partial charge in [-0.1, -0.05) is 12.8 Å². The zero-order valence-corrected chi connectivity index (χ0v) is 17.5. The summed E-state index contributed by atoms with van der Waals surface area (Å²) in [5.74, 6) is -0.400. The number of halogens is 3. The van der Waals surface area contributed by atoms with Crippen LogP contribution in [0.2, 0.25) is 0 Å². The lowest BCUT2D eigenvalue weighted by atomic mass is 9.42. The summed E-state index contributed by atoms with van der Waals surface area (Å²) in [7, 11) is -6.13. The molecule has 5 aliphatic carbocycles.